The van der Waals surface area contributed by atoms with Crippen molar-refractivity contribution >= 4 is 17.4 Å². The van der Waals surface area contributed by atoms with Crippen LogP contribution in [0.5, 0.6) is 0 Å². The van der Waals surface area contributed by atoms with Crippen molar-refractivity contribution in [3.05, 3.63) is 24.0 Å². The van der Waals surface area contributed by atoms with E-state index in [1.54, 1.807) is 0 Å². The highest BCUT2D eigenvalue weighted by atomic mass is 19.1. The second-order valence-corrected chi connectivity index (χ2v) is 3.44. The van der Waals surface area contributed by atoms with E-state index in [9.17, 15) is 9.18 Å². The molecule has 0 radical (unpaired) electrons. The summed E-state index contributed by atoms with van der Waals surface area (Å²) in [6, 6.07) is 3.86. The molecule has 1 aromatic carbocycles. The van der Waals surface area contributed by atoms with Gasteiger partial charge in [0.1, 0.15) is 5.82 Å². The summed E-state index contributed by atoms with van der Waals surface area (Å²) in [5, 5.41) is 2.71. The molecule has 1 aliphatic heterocycles. The number of nitrogens with one attached hydrogen (secondary N) is 1. The highest BCUT2D eigenvalue weighted by Crippen LogP contribution is 2.25. The molecule has 1 fully saturated rings. The third-order valence-corrected chi connectivity index (χ3v) is 2.36. The van der Waals surface area contributed by atoms with Crippen LogP contribution in [-0.4, -0.2) is 19.1 Å². The fourth-order valence-corrected chi connectivity index (χ4v) is 1.63. The summed E-state index contributed by atoms with van der Waals surface area (Å²) in [6.07, 6.45) is 0.864. The first-order valence-electron chi connectivity index (χ1n) is 4.79. The molecular formula is C10H12FN3O. The number of halogens is 1. The number of carbonyl (C=O) groups is 1. The van der Waals surface area contributed by atoms with Crippen LogP contribution in [0.2, 0.25) is 0 Å². The zero-order valence-corrected chi connectivity index (χ0v) is 8.16. The summed E-state index contributed by atoms with van der Waals surface area (Å²) in [4.78, 5) is 13.0. The van der Waals surface area contributed by atoms with Crippen molar-refractivity contribution in [3.8, 4) is 0 Å². The molecule has 1 aromatic rings. The molecule has 1 saturated heterocycles. The number of nitrogens with two attached hydrogens (primary N) is 1. The van der Waals surface area contributed by atoms with E-state index >= 15 is 0 Å². The molecule has 2 rings (SSSR count). The van der Waals surface area contributed by atoms with Crippen LogP contribution < -0.4 is 16.0 Å². The lowest BCUT2D eigenvalue weighted by Crippen LogP contribution is -2.46. The minimum Gasteiger partial charge on any atom is -0.397 e. The highest BCUT2D eigenvalue weighted by molar-refractivity contribution is 5.95. The van der Waals surface area contributed by atoms with Crippen LogP contribution in [0.15, 0.2) is 18.2 Å². The Bertz CT molecular complexity index is 394. The molecule has 1 heterocycles. The Morgan fingerprint density at radius 2 is 2.27 bits per heavy atom. The summed E-state index contributed by atoms with van der Waals surface area (Å²) in [6.45, 7) is 1.29. The predicted octanol–water partition coefficient (Wildman–Crippen LogP) is 1.33. The maximum absolute atomic E-state index is 12.8. The van der Waals surface area contributed by atoms with Gasteiger partial charge in [-0.15, -0.1) is 0 Å². The van der Waals surface area contributed by atoms with Crippen molar-refractivity contribution in [1.82, 2.24) is 5.32 Å². The molecule has 1 aliphatic rings. The third kappa shape index (κ3) is 1.86. The first kappa shape index (κ1) is 9.76. The first-order chi connectivity index (χ1) is 7.18. The molecule has 4 nitrogen and oxygen atoms in total. The second-order valence-electron chi connectivity index (χ2n) is 3.44. The van der Waals surface area contributed by atoms with Gasteiger partial charge >= 0.3 is 6.03 Å². The van der Waals surface area contributed by atoms with Gasteiger partial charge < -0.3 is 11.1 Å². The highest BCUT2D eigenvalue weighted by Gasteiger charge is 2.20. The number of amides is 2. The molecule has 0 aliphatic carbocycles. The van der Waals surface area contributed by atoms with E-state index in [-0.39, 0.29) is 11.7 Å². The summed E-state index contributed by atoms with van der Waals surface area (Å²) in [7, 11) is 0. The van der Waals surface area contributed by atoms with Gasteiger partial charge in [-0.25, -0.2) is 9.18 Å². The average molecular weight is 209 g/mol. The Morgan fingerprint density at radius 3 is 2.93 bits per heavy atom. The van der Waals surface area contributed by atoms with Crippen molar-refractivity contribution in [2.75, 3.05) is 23.7 Å². The van der Waals surface area contributed by atoms with Gasteiger partial charge in [0.15, 0.2) is 0 Å². The van der Waals surface area contributed by atoms with E-state index in [0.717, 1.165) is 6.42 Å². The smallest absolute Gasteiger partial charge is 0.321 e. The van der Waals surface area contributed by atoms with E-state index in [0.29, 0.717) is 18.8 Å². The third-order valence-electron chi connectivity index (χ3n) is 2.36. The van der Waals surface area contributed by atoms with Gasteiger partial charge in [0, 0.05) is 13.1 Å². The van der Waals surface area contributed by atoms with Gasteiger partial charge in [-0.2, -0.15) is 0 Å². The van der Waals surface area contributed by atoms with Crippen molar-refractivity contribution in [2.45, 2.75) is 6.42 Å². The Labute approximate surface area is 86.9 Å². The Hall–Kier alpha value is -1.78. The molecule has 0 aromatic heterocycles. The monoisotopic (exact) mass is 209 g/mol. The molecule has 0 bridgehead atoms. The van der Waals surface area contributed by atoms with Crippen LogP contribution >= 0.6 is 0 Å². The molecule has 0 atom stereocenters. The zero-order chi connectivity index (χ0) is 10.8. The number of anilines is 2. The van der Waals surface area contributed by atoms with Crippen LogP contribution in [0, 0.1) is 5.82 Å². The largest absolute Gasteiger partial charge is 0.397 e. The van der Waals surface area contributed by atoms with Crippen LogP contribution in [0.4, 0.5) is 20.6 Å². The Morgan fingerprint density at radius 1 is 1.47 bits per heavy atom. The van der Waals surface area contributed by atoms with E-state index in [2.05, 4.69) is 5.32 Å². The number of rotatable bonds is 1. The minimum atomic E-state index is -0.395. The summed E-state index contributed by atoms with van der Waals surface area (Å²) in [5.41, 5.74) is 6.50. The minimum absolute atomic E-state index is 0.181. The fraction of sp³-hybridized carbons (Fsp3) is 0.300. The lowest BCUT2D eigenvalue weighted by Gasteiger charge is -2.28. The lowest BCUT2D eigenvalue weighted by molar-refractivity contribution is 0.243. The summed E-state index contributed by atoms with van der Waals surface area (Å²) < 4.78 is 12.8. The standard InChI is InChI=1S/C10H12FN3O/c11-7-2-3-9(8(12)6-7)14-5-1-4-13-10(14)15/h2-3,6H,1,4-5,12H2,(H,13,15). The molecule has 80 valence electrons. The fourth-order valence-electron chi connectivity index (χ4n) is 1.63. The van der Waals surface area contributed by atoms with Gasteiger partial charge in [-0.1, -0.05) is 0 Å². The average Bonchev–Trinajstić information content (AvgIpc) is 2.20. The molecule has 2 amide bonds. The SMILES string of the molecule is Nc1cc(F)ccc1N1CCCNC1=O. The van der Waals surface area contributed by atoms with Crippen molar-refractivity contribution in [3.63, 3.8) is 0 Å². The first-order valence-corrected chi connectivity index (χ1v) is 4.79. The van der Waals surface area contributed by atoms with E-state index in [4.69, 9.17) is 5.73 Å². The van der Waals surface area contributed by atoms with Gasteiger partial charge in [-0.05, 0) is 24.6 Å². The van der Waals surface area contributed by atoms with Gasteiger partial charge in [0.25, 0.3) is 0 Å². The van der Waals surface area contributed by atoms with Crippen LogP contribution in [-0.2, 0) is 0 Å². The normalized spacial score (nSPS) is 16.3. The van der Waals surface area contributed by atoms with E-state index in [1.807, 2.05) is 0 Å². The number of nitrogen functional groups attached to an aromatic ring is 1. The molecular weight excluding hydrogens is 197 g/mol. The summed E-state index contributed by atoms with van der Waals surface area (Å²) in [5.74, 6) is -0.395. The number of nitrogens with zero attached hydrogens (tertiary/aromatic N) is 1. The number of urea groups is 1. The number of hydrogen-bond acceptors (Lipinski definition) is 2. The topological polar surface area (TPSA) is 58.4 Å². The van der Waals surface area contributed by atoms with Crippen LogP contribution in [0.25, 0.3) is 0 Å². The molecule has 0 saturated carbocycles. The molecule has 5 heteroatoms. The van der Waals surface area contributed by atoms with Crippen molar-refractivity contribution < 1.29 is 9.18 Å². The molecule has 3 N–H and O–H groups in total. The van der Waals surface area contributed by atoms with E-state index < -0.39 is 5.82 Å². The summed E-state index contributed by atoms with van der Waals surface area (Å²) >= 11 is 0. The Kier molecular flexibility index (Phi) is 2.45. The van der Waals surface area contributed by atoms with Gasteiger partial charge in [0.05, 0.1) is 11.4 Å². The predicted molar refractivity (Wildman–Crippen MR) is 56.2 cm³/mol. The van der Waals surface area contributed by atoms with Crippen LogP contribution in [0.1, 0.15) is 6.42 Å². The number of carbonyl (C=O) groups excluding carboxylic acids is 1. The molecule has 0 spiro atoms. The second kappa shape index (κ2) is 3.76. The van der Waals surface area contributed by atoms with Gasteiger partial charge in [0.2, 0.25) is 0 Å². The van der Waals surface area contributed by atoms with Gasteiger partial charge in [-0.3, -0.25) is 4.90 Å². The maximum atomic E-state index is 12.8. The Balaban J connectivity index is 2.31. The zero-order valence-electron chi connectivity index (χ0n) is 8.16. The quantitative estimate of drug-likeness (QED) is 0.685. The van der Waals surface area contributed by atoms with Crippen molar-refractivity contribution in [2.24, 2.45) is 0 Å². The van der Waals surface area contributed by atoms with Crippen LogP contribution in [0.3, 0.4) is 0 Å². The molecule has 15 heavy (non-hydrogen) atoms. The molecule has 0 unspecified atom stereocenters. The number of hydrogen-bond donors (Lipinski definition) is 2. The maximum Gasteiger partial charge on any atom is 0.321 e. The lowest BCUT2D eigenvalue weighted by atomic mass is 10.2. The van der Waals surface area contributed by atoms with E-state index in [1.165, 1.54) is 23.1 Å². The number of benzene rings is 1. The van der Waals surface area contributed by atoms with Crippen molar-refractivity contribution in [1.29, 1.82) is 0 Å².